The number of benzene rings is 4. The molecule has 172 valence electrons. The zero-order chi connectivity index (χ0) is 23.9. The number of nitrogens with zero attached hydrogens (tertiary/aromatic N) is 1. The second kappa shape index (κ2) is 11.2. The summed E-state index contributed by atoms with van der Waals surface area (Å²) in [6.45, 7) is 2.66. The van der Waals surface area contributed by atoms with E-state index in [1.807, 2.05) is 79.7 Å². The van der Waals surface area contributed by atoms with Crippen LogP contribution in [0.15, 0.2) is 88.4 Å². The molecule has 7 heteroatoms. The summed E-state index contributed by atoms with van der Waals surface area (Å²) in [6.07, 6.45) is 1.56. The van der Waals surface area contributed by atoms with Crippen molar-refractivity contribution >= 4 is 50.4 Å². The van der Waals surface area contributed by atoms with Crippen molar-refractivity contribution in [3.63, 3.8) is 0 Å². The molecule has 0 heterocycles. The van der Waals surface area contributed by atoms with Crippen molar-refractivity contribution in [3.05, 3.63) is 105 Å². The number of fused-ring (bicyclic) bond motifs is 1. The SMILES string of the molecule is CCOc1cc(/C=N\NC(=O)c2cccc3ccccc23)cc(Br)c1OCc1ccccc1Cl. The number of amides is 1. The van der Waals surface area contributed by atoms with Gasteiger partial charge in [0.2, 0.25) is 0 Å². The van der Waals surface area contributed by atoms with Gasteiger partial charge in [-0.05, 0) is 63.5 Å². The monoisotopic (exact) mass is 536 g/mol. The molecule has 0 unspecified atom stereocenters. The van der Waals surface area contributed by atoms with Gasteiger partial charge in [-0.2, -0.15) is 5.10 Å². The van der Waals surface area contributed by atoms with E-state index in [4.69, 9.17) is 21.1 Å². The second-order valence-electron chi connectivity index (χ2n) is 7.37. The van der Waals surface area contributed by atoms with Crippen LogP contribution in [0.2, 0.25) is 5.02 Å². The van der Waals surface area contributed by atoms with Gasteiger partial charge in [0, 0.05) is 16.1 Å². The highest BCUT2D eigenvalue weighted by atomic mass is 79.9. The molecule has 34 heavy (non-hydrogen) atoms. The number of ether oxygens (including phenoxy) is 2. The summed E-state index contributed by atoms with van der Waals surface area (Å²) in [6, 6.07) is 24.5. The van der Waals surface area contributed by atoms with E-state index in [9.17, 15) is 4.79 Å². The number of carbonyl (C=O) groups is 1. The predicted molar refractivity (Wildman–Crippen MR) is 140 cm³/mol. The standard InChI is InChI=1S/C27H22BrClN2O3/c1-2-33-25-15-18(14-23(28)26(25)34-17-20-9-4-6-13-24(20)29)16-30-31-27(32)22-12-7-10-19-8-3-5-11-21(19)22/h3-16H,2,17H2,1H3,(H,31,32)/b30-16-. The Morgan fingerprint density at radius 1 is 1.03 bits per heavy atom. The molecule has 1 amide bonds. The minimum atomic E-state index is -0.281. The van der Waals surface area contributed by atoms with Gasteiger partial charge in [-0.25, -0.2) is 5.43 Å². The molecule has 4 rings (SSSR count). The maximum atomic E-state index is 12.7. The topological polar surface area (TPSA) is 59.9 Å². The fraction of sp³-hybridized carbons (Fsp3) is 0.111. The van der Waals surface area contributed by atoms with Gasteiger partial charge in [-0.15, -0.1) is 0 Å². The van der Waals surface area contributed by atoms with Gasteiger partial charge in [0.1, 0.15) is 6.61 Å². The molecule has 0 fully saturated rings. The summed E-state index contributed by atoms with van der Waals surface area (Å²) >= 11 is 9.80. The van der Waals surface area contributed by atoms with Crippen molar-refractivity contribution in [2.24, 2.45) is 5.10 Å². The third-order valence-corrected chi connectivity index (χ3v) is 6.03. The summed E-state index contributed by atoms with van der Waals surface area (Å²) in [7, 11) is 0. The Hall–Kier alpha value is -3.35. The molecule has 0 saturated heterocycles. The van der Waals surface area contributed by atoms with Crippen molar-refractivity contribution in [3.8, 4) is 11.5 Å². The van der Waals surface area contributed by atoms with Crippen LogP contribution in [0, 0.1) is 0 Å². The van der Waals surface area contributed by atoms with Crippen LogP contribution in [-0.4, -0.2) is 18.7 Å². The van der Waals surface area contributed by atoms with Crippen molar-refractivity contribution in [2.75, 3.05) is 6.61 Å². The number of hydrazone groups is 1. The van der Waals surface area contributed by atoms with Gasteiger partial charge in [0.05, 0.1) is 17.3 Å². The molecule has 0 aliphatic rings. The van der Waals surface area contributed by atoms with Crippen molar-refractivity contribution in [2.45, 2.75) is 13.5 Å². The van der Waals surface area contributed by atoms with Gasteiger partial charge in [-0.1, -0.05) is 66.2 Å². The van der Waals surface area contributed by atoms with E-state index in [0.717, 1.165) is 21.9 Å². The Morgan fingerprint density at radius 3 is 2.62 bits per heavy atom. The lowest BCUT2D eigenvalue weighted by molar-refractivity contribution is 0.0957. The first kappa shape index (κ1) is 23.8. The fourth-order valence-electron chi connectivity index (χ4n) is 3.48. The van der Waals surface area contributed by atoms with E-state index in [2.05, 4.69) is 26.5 Å². The third kappa shape index (κ3) is 5.58. The first-order valence-electron chi connectivity index (χ1n) is 10.7. The zero-order valence-corrected chi connectivity index (χ0v) is 20.8. The molecule has 4 aromatic rings. The summed E-state index contributed by atoms with van der Waals surface area (Å²) in [4.78, 5) is 12.7. The molecule has 0 aliphatic heterocycles. The smallest absolute Gasteiger partial charge is 0.271 e. The molecule has 0 spiro atoms. The van der Waals surface area contributed by atoms with Gasteiger partial charge in [0.25, 0.3) is 5.91 Å². The van der Waals surface area contributed by atoms with Crippen molar-refractivity contribution in [1.29, 1.82) is 0 Å². The number of hydrogen-bond acceptors (Lipinski definition) is 4. The average Bonchev–Trinajstić information content (AvgIpc) is 2.84. The average molecular weight is 538 g/mol. The van der Waals surface area contributed by atoms with Crippen molar-refractivity contribution in [1.82, 2.24) is 5.43 Å². The molecular formula is C27H22BrClN2O3. The summed E-state index contributed by atoms with van der Waals surface area (Å²) in [5, 5.41) is 6.65. The number of hydrogen-bond donors (Lipinski definition) is 1. The van der Waals surface area contributed by atoms with E-state index in [1.165, 1.54) is 0 Å². The minimum absolute atomic E-state index is 0.281. The predicted octanol–water partition coefficient (Wildman–Crippen LogP) is 7.00. The molecule has 1 N–H and O–H groups in total. The zero-order valence-electron chi connectivity index (χ0n) is 18.4. The number of rotatable bonds is 8. The van der Waals surface area contributed by atoms with Crippen molar-refractivity contribution < 1.29 is 14.3 Å². The lowest BCUT2D eigenvalue weighted by Crippen LogP contribution is -2.17. The number of nitrogens with one attached hydrogen (secondary N) is 1. The maximum absolute atomic E-state index is 12.7. The van der Waals surface area contributed by atoms with E-state index >= 15 is 0 Å². The summed E-state index contributed by atoms with van der Waals surface area (Å²) in [5.41, 5.74) is 4.78. The highest BCUT2D eigenvalue weighted by molar-refractivity contribution is 9.10. The van der Waals surface area contributed by atoms with Crippen LogP contribution >= 0.6 is 27.5 Å². The lowest BCUT2D eigenvalue weighted by Gasteiger charge is -2.15. The largest absolute Gasteiger partial charge is 0.490 e. The molecule has 4 aromatic carbocycles. The van der Waals surface area contributed by atoms with Gasteiger partial charge >= 0.3 is 0 Å². The summed E-state index contributed by atoms with van der Waals surface area (Å²) < 4.78 is 12.5. The molecule has 0 saturated carbocycles. The fourth-order valence-corrected chi connectivity index (χ4v) is 4.24. The highest BCUT2D eigenvalue weighted by Crippen LogP contribution is 2.37. The van der Waals surface area contributed by atoms with E-state index in [-0.39, 0.29) is 5.91 Å². The van der Waals surface area contributed by atoms with Crippen LogP contribution in [0.1, 0.15) is 28.4 Å². The Balaban J connectivity index is 1.50. The minimum Gasteiger partial charge on any atom is -0.490 e. The second-order valence-corrected chi connectivity index (χ2v) is 8.63. The van der Waals surface area contributed by atoms with Crippen LogP contribution in [0.25, 0.3) is 10.8 Å². The van der Waals surface area contributed by atoms with Gasteiger partial charge in [0.15, 0.2) is 11.5 Å². The quantitative estimate of drug-likeness (QED) is 0.194. The van der Waals surface area contributed by atoms with Crippen LogP contribution in [-0.2, 0) is 6.61 Å². The van der Waals surface area contributed by atoms with Crippen LogP contribution in [0.4, 0.5) is 0 Å². The first-order chi connectivity index (χ1) is 16.6. The molecule has 0 bridgehead atoms. The Kier molecular flexibility index (Phi) is 7.83. The normalized spacial score (nSPS) is 11.0. The van der Waals surface area contributed by atoms with E-state index in [0.29, 0.717) is 39.8 Å². The third-order valence-electron chi connectivity index (χ3n) is 5.08. The van der Waals surface area contributed by atoms with Crippen LogP contribution in [0.5, 0.6) is 11.5 Å². The van der Waals surface area contributed by atoms with Crippen LogP contribution < -0.4 is 14.9 Å². The molecule has 0 aliphatic carbocycles. The Labute approximate surface area is 211 Å². The Bertz CT molecular complexity index is 1350. The molecular weight excluding hydrogens is 516 g/mol. The number of carbonyl (C=O) groups excluding carboxylic acids is 1. The summed E-state index contributed by atoms with van der Waals surface area (Å²) in [5.74, 6) is 0.848. The first-order valence-corrected chi connectivity index (χ1v) is 11.9. The van der Waals surface area contributed by atoms with Gasteiger partial charge < -0.3 is 9.47 Å². The molecule has 0 radical (unpaired) electrons. The number of halogens is 2. The molecule has 0 atom stereocenters. The van der Waals surface area contributed by atoms with E-state index < -0.39 is 0 Å². The lowest BCUT2D eigenvalue weighted by atomic mass is 10.0. The maximum Gasteiger partial charge on any atom is 0.271 e. The van der Waals surface area contributed by atoms with Gasteiger partial charge in [-0.3, -0.25) is 4.79 Å². The molecule has 0 aromatic heterocycles. The molecule has 5 nitrogen and oxygen atoms in total. The highest BCUT2D eigenvalue weighted by Gasteiger charge is 2.13. The Morgan fingerprint density at radius 2 is 1.79 bits per heavy atom. The van der Waals surface area contributed by atoms with Crippen LogP contribution in [0.3, 0.4) is 0 Å². The van der Waals surface area contributed by atoms with E-state index in [1.54, 1.807) is 12.3 Å².